The quantitative estimate of drug-likeness (QED) is 0.751. The number of nitrogens with one attached hydrogen (secondary N) is 2. The van der Waals surface area contributed by atoms with E-state index in [9.17, 15) is 24.0 Å². The zero-order chi connectivity index (χ0) is 16.0. The molecule has 1 atom stereocenters. The van der Waals surface area contributed by atoms with Gasteiger partial charge < -0.3 is 5.32 Å². The molecule has 1 aromatic heterocycles. The van der Waals surface area contributed by atoms with Crippen molar-refractivity contribution in [2.24, 2.45) is 0 Å². The van der Waals surface area contributed by atoms with Gasteiger partial charge in [-0.05, 0) is 6.42 Å². The van der Waals surface area contributed by atoms with Gasteiger partial charge in [0.1, 0.15) is 11.0 Å². The summed E-state index contributed by atoms with van der Waals surface area (Å²) in [4.78, 5) is 59.9. The lowest BCUT2D eigenvalue weighted by Gasteiger charge is -2.28. The van der Waals surface area contributed by atoms with Crippen LogP contribution in [0.15, 0.2) is 5.38 Å². The molecule has 22 heavy (non-hydrogen) atoms. The Morgan fingerprint density at radius 1 is 1.32 bits per heavy atom. The van der Waals surface area contributed by atoms with Crippen LogP contribution in [-0.4, -0.2) is 40.5 Å². The van der Waals surface area contributed by atoms with Crippen LogP contribution in [0, 0.1) is 0 Å². The molecule has 1 fully saturated rings. The van der Waals surface area contributed by atoms with E-state index in [0.717, 1.165) is 16.2 Å². The minimum absolute atomic E-state index is 0.0683. The van der Waals surface area contributed by atoms with Crippen LogP contribution < -0.4 is 10.6 Å². The maximum atomic E-state index is 12.5. The molecule has 0 spiro atoms. The molecule has 8 nitrogen and oxygen atoms in total. The first-order valence-corrected chi connectivity index (χ1v) is 7.38. The maximum Gasteiger partial charge on any atom is 0.265 e. The van der Waals surface area contributed by atoms with Crippen molar-refractivity contribution >= 4 is 45.9 Å². The number of hydrogen-bond acceptors (Lipinski definition) is 6. The average molecular weight is 321 g/mol. The van der Waals surface area contributed by atoms with Crippen LogP contribution in [-0.2, 0) is 14.4 Å². The van der Waals surface area contributed by atoms with Crippen LogP contribution in [0.1, 0.15) is 40.5 Å². The summed E-state index contributed by atoms with van der Waals surface area (Å²) >= 11 is 1.08. The van der Waals surface area contributed by atoms with Gasteiger partial charge in [-0.3, -0.25) is 34.2 Å². The largest absolute Gasteiger partial charge is 0.317 e. The summed E-state index contributed by atoms with van der Waals surface area (Å²) in [5.74, 6) is -2.65. The third kappa shape index (κ3) is 2.10. The molecule has 0 radical (unpaired) electrons. The lowest BCUT2D eigenvalue weighted by atomic mass is 10.0. The molecule has 0 aromatic carbocycles. The van der Waals surface area contributed by atoms with Crippen molar-refractivity contribution in [1.29, 1.82) is 0 Å². The molecule has 1 aromatic rings. The Morgan fingerprint density at radius 2 is 2.05 bits per heavy atom. The minimum Gasteiger partial charge on any atom is -0.317 e. The van der Waals surface area contributed by atoms with Crippen molar-refractivity contribution in [2.45, 2.75) is 25.8 Å². The summed E-state index contributed by atoms with van der Waals surface area (Å²) in [5, 5.41) is 6.39. The molecule has 3 heterocycles. The molecule has 9 heteroatoms. The van der Waals surface area contributed by atoms with Crippen molar-refractivity contribution in [3.05, 3.63) is 16.5 Å². The van der Waals surface area contributed by atoms with E-state index in [-0.39, 0.29) is 34.9 Å². The predicted octanol–water partition coefficient (Wildman–Crippen LogP) is 0.108. The second-order valence-electron chi connectivity index (χ2n) is 4.98. The third-order valence-electron chi connectivity index (χ3n) is 3.48. The molecule has 0 aliphatic carbocycles. The van der Waals surface area contributed by atoms with Crippen LogP contribution in [0.3, 0.4) is 0 Å². The van der Waals surface area contributed by atoms with Crippen LogP contribution in [0.2, 0.25) is 0 Å². The molecule has 1 saturated heterocycles. The molecule has 3 rings (SSSR count). The van der Waals surface area contributed by atoms with E-state index in [1.165, 1.54) is 12.3 Å². The van der Waals surface area contributed by atoms with Gasteiger partial charge in [0.2, 0.25) is 17.7 Å². The van der Waals surface area contributed by atoms with Crippen LogP contribution in [0.4, 0.5) is 5.00 Å². The van der Waals surface area contributed by atoms with E-state index in [2.05, 4.69) is 10.6 Å². The van der Waals surface area contributed by atoms with Gasteiger partial charge in [-0.15, -0.1) is 11.3 Å². The number of imide groups is 2. The van der Waals surface area contributed by atoms with Crippen LogP contribution >= 0.6 is 11.3 Å². The van der Waals surface area contributed by atoms with Gasteiger partial charge in [0.15, 0.2) is 0 Å². The molecule has 2 aliphatic heterocycles. The van der Waals surface area contributed by atoms with Gasteiger partial charge in [0, 0.05) is 18.7 Å². The Morgan fingerprint density at radius 3 is 2.68 bits per heavy atom. The fourth-order valence-corrected chi connectivity index (χ4v) is 3.51. The summed E-state index contributed by atoms with van der Waals surface area (Å²) in [6, 6.07) is -1.000. The second kappa shape index (κ2) is 5.02. The Kier molecular flexibility index (Phi) is 3.28. The highest BCUT2D eigenvalue weighted by atomic mass is 32.1. The fraction of sp³-hybridized carbons (Fsp3) is 0.308. The summed E-state index contributed by atoms with van der Waals surface area (Å²) in [5.41, 5.74) is 0.276. The van der Waals surface area contributed by atoms with Gasteiger partial charge in [-0.2, -0.15) is 0 Å². The number of rotatable bonds is 2. The molecule has 5 amide bonds. The van der Waals surface area contributed by atoms with Crippen molar-refractivity contribution in [1.82, 2.24) is 10.2 Å². The van der Waals surface area contributed by atoms with E-state index in [0.29, 0.717) is 0 Å². The molecule has 1 unspecified atom stereocenters. The fourth-order valence-electron chi connectivity index (χ4n) is 2.53. The molecule has 0 saturated carbocycles. The number of carbonyl (C=O) groups excluding carboxylic acids is 5. The Labute approximate surface area is 128 Å². The van der Waals surface area contributed by atoms with Crippen molar-refractivity contribution in [2.75, 3.05) is 5.32 Å². The van der Waals surface area contributed by atoms with Crippen LogP contribution in [0.5, 0.6) is 0 Å². The number of hydrogen-bond donors (Lipinski definition) is 2. The average Bonchev–Trinajstić information content (AvgIpc) is 2.93. The number of piperidine rings is 1. The summed E-state index contributed by atoms with van der Waals surface area (Å²) < 4.78 is 0. The molecule has 2 aliphatic rings. The first kappa shape index (κ1) is 14.4. The zero-order valence-corrected chi connectivity index (χ0v) is 12.3. The van der Waals surface area contributed by atoms with Gasteiger partial charge >= 0.3 is 0 Å². The molecule has 2 N–H and O–H groups in total. The monoisotopic (exact) mass is 321 g/mol. The number of carbonyl (C=O) groups is 5. The summed E-state index contributed by atoms with van der Waals surface area (Å²) in [6.07, 6.45) is 0.171. The van der Waals surface area contributed by atoms with Gasteiger partial charge in [-0.1, -0.05) is 0 Å². The lowest BCUT2D eigenvalue weighted by Crippen LogP contribution is -2.54. The summed E-state index contributed by atoms with van der Waals surface area (Å²) in [6.45, 7) is 1.30. The minimum atomic E-state index is -1.000. The lowest BCUT2D eigenvalue weighted by molar-refractivity contribution is -0.136. The SMILES string of the molecule is CC(=O)Nc1scc2c1C(=O)N(C1CCC(=O)NC1=O)C2=O. The van der Waals surface area contributed by atoms with E-state index in [4.69, 9.17) is 0 Å². The zero-order valence-electron chi connectivity index (χ0n) is 11.5. The normalized spacial score (nSPS) is 21.0. The highest BCUT2D eigenvalue weighted by molar-refractivity contribution is 7.15. The third-order valence-corrected chi connectivity index (χ3v) is 4.38. The summed E-state index contributed by atoms with van der Waals surface area (Å²) in [7, 11) is 0. The predicted molar refractivity (Wildman–Crippen MR) is 75.3 cm³/mol. The van der Waals surface area contributed by atoms with E-state index >= 15 is 0 Å². The van der Waals surface area contributed by atoms with E-state index in [1.54, 1.807) is 0 Å². The topological polar surface area (TPSA) is 113 Å². The van der Waals surface area contributed by atoms with Crippen LogP contribution in [0.25, 0.3) is 0 Å². The Hall–Kier alpha value is -2.55. The standard InChI is InChI=1S/C13H11N3O5S/c1-5(17)14-11-9-6(4-22-11)12(20)16(13(9)21)7-2-3-8(18)15-10(7)19/h4,7H,2-3H2,1H3,(H,14,17)(H,15,18,19). The number of amides is 5. The van der Waals surface area contributed by atoms with Gasteiger partial charge in [0.25, 0.3) is 11.8 Å². The highest BCUT2D eigenvalue weighted by Crippen LogP contribution is 2.36. The van der Waals surface area contributed by atoms with E-state index in [1.807, 2.05) is 0 Å². The molecule has 0 bridgehead atoms. The molecular formula is C13H11N3O5S. The van der Waals surface area contributed by atoms with Crippen molar-refractivity contribution in [3.8, 4) is 0 Å². The first-order chi connectivity index (χ1) is 10.4. The first-order valence-electron chi connectivity index (χ1n) is 6.51. The number of nitrogens with zero attached hydrogens (tertiary/aromatic N) is 1. The van der Waals surface area contributed by atoms with Gasteiger partial charge in [-0.25, -0.2) is 0 Å². The van der Waals surface area contributed by atoms with Crippen molar-refractivity contribution in [3.63, 3.8) is 0 Å². The number of anilines is 1. The van der Waals surface area contributed by atoms with E-state index < -0.39 is 29.7 Å². The second-order valence-corrected chi connectivity index (χ2v) is 5.86. The molecular weight excluding hydrogens is 310 g/mol. The maximum absolute atomic E-state index is 12.5. The Balaban J connectivity index is 1.93. The van der Waals surface area contributed by atoms with Crippen molar-refractivity contribution < 1.29 is 24.0 Å². The molecule has 114 valence electrons. The number of thiophene rings is 1. The number of fused-ring (bicyclic) bond motifs is 1. The highest BCUT2D eigenvalue weighted by Gasteiger charge is 2.46. The smallest absolute Gasteiger partial charge is 0.265 e. The van der Waals surface area contributed by atoms with Gasteiger partial charge in [0.05, 0.1) is 11.1 Å². The Bertz CT molecular complexity index is 738.